The summed E-state index contributed by atoms with van der Waals surface area (Å²) >= 11 is 0. The number of anilines is 4. The molecular formula is C23H26N6O2S. The number of hydrogen-bond donors (Lipinski definition) is 1. The highest BCUT2D eigenvalue weighted by atomic mass is 32.2. The third-order valence-corrected chi connectivity index (χ3v) is 7.32. The van der Waals surface area contributed by atoms with Crippen molar-refractivity contribution in [3.05, 3.63) is 66.0 Å². The van der Waals surface area contributed by atoms with E-state index in [0.29, 0.717) is 5.95 Å². The summed E-state index contributed by atoms with van der Waals surface area (Å²) in [4.78, 5) is 10.9. The second kappa shape index (κ2) is 8.23. The van der Waals surface area contributed by atoms with E-state index in [4.69, 9.17) is 0 Å². The molecule has 166 valence electrons. The summed E-state index contributed by atoms with van der Waals surface area (Å²) in [6, 6.07) is 15.3. The molecular weight excluding hydrogens is 424 g/mol. The number of aryl methyl sites for hydroxylation is 2. The van der Waals surface area contributed by atoms with E-state index in [2.05, 4.69) is 33.4 Å². The van der Waals surface area contributed by atoms with Crippen molar-refractivity contribution in [2.75, 3.05) is 23.5 Å². The van der Waals surface area contributed by atoms with Crippen molar-refractivity contribution in [2.24, 2.45) is 7.05 Å². The van der Waals surface area contributed by atoms with Crippen LogP contribution in [0.3, 0.4) is 0 Å². The van der Waals surface area contributed by atoms with Crippen LogP contribution in [0.5, 0.6) is 0 Å². The third-order valence-electron chi connectivity index (χ3n) is 5.76. The van der Waals surface area contributed by atoms with E-state index in [1.54, 1.807) is 25.3 Å². The highest BCUT2D eigenvalue weighted by Gasteiger charge is 2.17. The van der Waals surface area contributed by atoms with Gasteiger partial charge in [0.05, 0.1) is 10.8 Å². The maximum atomic E-state index is 11.8. The molecule has 2 heterocycles. The summed E-state index contributed by atoms with van der Waals surface area (Å²) in [6.45, 7) is 3.74. The molecule has 2 aromatic heterocycles. The Kier molecular flexibility index (Phi) is 5.60. The summed E-state index contributed by atoms with van der Waals surface area (Å²) < 4.78 is 25.4. The fourth-order valence-corrected chi connectivity index (χ4v) is 4.12. The van der Waals surface area contributed by atoms with E-state index in [1.165, 1.54) is 6.26 Å². The van der Waals surface area contributed by atoms with Gasteiger partial charge in [-0.3, -0.25) is 4.68 Å². The molecule has 8 nitrogen and oxygen atoms in total. The first kappa shape index (κ1) is 21.8. The van der Waals surface area contributed by atoms with Gasteiger partial charge in [0, 0.05) is 49.0 Å². The van der Waals surface area contributed by atoms with E-state index < -0.39 is 15.1 Å². The van der Waals surface area contributed by atoms with Gasteiger partial charge >= 0.3 is 0 Å². The maximum Gasteiger partial charge on any atom is 0.229 e. The number of sulfone groups is 1. The van der Waals surface area contributed by atoms with Crippen molar-refractivity contribution in [3.63, 3.8) is 0 Å². The van der Waals surface area contributed by atoms with Gasteiger partial charge in [-0.25, -0.2) is 13.4 Å². The van der Waals surface area contributed by atoms with Crippen molar-refractivity contribution in [1.82, 2.24) is 19.7 Å². The molecule has 0 radical (unpaired) electrons. The van der Waals surface area contributed by atoms with E-state index in [9.17, 15) is 8.42 Å². The molecule has 0 aliphatic carbocycles. The monoisotopic (exact) mass is 450 g/mol. The van der Waals surface area contributed by atoms with Crippen molar-refractivity contribution in [2.45, 2.75) is 19.1 Å². The van der Waals surface area contributed by atoms with Crippen molar-refractivity contribution >= 4 is 43.9 Å². The SMILES string of the molecule is Cc1c2ccc(N(C)c3ccnc(Nc4ccc(C(C)S(C)(=O)=O)cc4)n3)cc2nn1C. The molecule has 0 spiro atoms. The number of benzene rings is 2. The number of fused-ring (bicyclic) bond motifs is 1. The van der Waals surface area contributed by atoms with Crippen LogP contribution < -0.4 is 10.2 Å². The van der Waals surface area contributed by atoms with Crippen LogP contribution in [-0.2, 0) is 16.9 Å². The molecule has 2 aromatic carbocycles. The first-order valence-electron chi connectivity index (χ1n) is 10.2. The van der Waals surface area contributed by atoms with Gasteiger partial charge in [-0.1, -0.05) is 12.1 Å². The quantitative estimate of drug-likeness (QED) is 0.468. The van der Waals surface area contributed by atoms with Crippen LogP contribution in [0.15, 0.2) is 54.7 Å². The van der Waals surface area contributed by atoms with E-state index in [-0.39, 0.29) is 0 Å². The number of nitrogens with one attached hydrogen (secondary N) is 1. The van der Waals surface area contributed by atoms with Crippen LogP contribution in [0.4, 0.5) is 23.1 Å². The molecule has 0 saturated heterocycles. The van der Waals surface area contributed by atoms with Gasteiger partial charge in [-0.15, -0.1) is 0 Å². The van der Waals surface area contributed by atoms with Crippen molar-refractivity contribution in [1.29, 1.82) is 0 Å². The molecule has 0 fully saturated rings. The van der Waals surface area contributed by atoms with Gasteiger partial charge in [0.1, 0.15) is 5.82 Å². The van der Waals surface area contributed by atoms with Crippen LogP contribution >= 0.6 is 0 Å². The normalized spacial score (nSPS) is 12.7. The Balaban J connectivity index is 1.54. The van der Waals surface area contributed by atoms with Crippen LogP contribution in [0.2, 0.25) is 0 Å². The average molecular weight is 451 g/mol. The molecule has 0 saturated carbocycles. The van der Waals surface area contributed by atoms with Gasteiger partial charge in [-0.05, 0) is 55.8 Å². The standard InChI is InChI=1S/C23H26N6O2S/c1-15-20-11-10-19(14-21(20)27-29(15)4)28(3)22-12-13-24-23(26-22)25-18-8-6-17(7-9-18)16(2)32(5,30)31/h6-14,16H,1-5H3,(H,24,25,26). The minimum Gasteiger partial charge on any atom is -0.329 e. The zero-order valence-electron chi connectivity index (χ0n) is 18.7. The van der Waals surface area contributed by atoms with Crippen LogP contribution in [-0.4, -0.2) is 41.5 Å². The largest absolute Gasteiger partial charge is 0.329 e. The lowest BCUT2D eigenvalue weighted by molar-refractivity contribution is 0.592. The fraction of sp³-hybridized carbons (Fsp3) is 0.261. The Morgan fingerprint density at radius 1 is 1.09 bits per heavy atom. The Morgan fingerprint density at radius 2 is 1.81 bits per heavy atom. The summed E-state index contributed by atoms with van der Waals surface area (Å²) in [5, 5.41) is 8.32. The second-order valence-corrected chi connectivity index (χ2v) is 10.3. The minimum absolute atomic E-state index is 0.452. The van der Waals surface area contributed by atoms with Gasteiger partial charge in [0.25, 0.3) is 0 Å². The summed E-state index contributed by atoms with van der Waals surface area (Å²) in [7, 11) is 0.748. The van der Waals surface area contributed by atoms with Gasteiger partial charge in [0.15, 0.2) is 9.84 Å². The summed E-state index contributed by atoms with van der Waals surface area (Å²) in [5.41, 5.74) is 4.55. The molecule has 0 aliphatic rings. The minimum atomic E-state index is -3.14. The molecule has 32 heavy (non-hydrogen) atoms. The topological polar surface area (TPSA) is 93.0 Å². The van der Waals surface area contributed by atoms with Gasteiger partial charge in [0.2, 0.25) is 5.95 Å². The third kappa shape index (κ3) is 4.29. The average Bonchev–Trinajstić information content (AvgIpc) is 3.05. The number of rotatable bonds is 6. The Morgan fingerprint density at radius 3 is 2.50 bits per heavy atom. The first-order chi connectivity index (χ1) is 15.1. The number of hydrogen-bond acceptors (Lipinski definition) is 7. The lowest BCUT2D eigenvalue weighted by atomic mass is 10.1. The van der Waals surface area contributed by atoms with Gasteiger partial charge < -0.3 is 10.2 Å². The second-order valence-electron chi connectivity index (χ2n) is 7.93. The molecule has 1 unspecified atom stereocenters. The molecule has 4 rings (SSSR count). The van der Waals surface area contributed by atoms with Crippen LogP contribution in [0.25, 0.3) is 10.9 Å². The smallest absolute Gasteiger partial charge is 0.229 e. The zero-order valence-corrected chi connectivity index (χ0v) is 19.6. The summed E-state index contributed by atoms with van der Waals surface area (Å²) in [6.07, 6.45) is 2.94. The lowest BCUT2D eigenvalue weighted by Gasteiger charge is -2.19. The Hall–Kier alpha value is -3.46. The molecule has 0 bridgehead atoms. The molecule has 1 N–H and O–H groups in total. The zero-order chi connectivity index (χ0) is 23.0. The van der Waals surface area contributed by atoms with Crippen molar-refractivity contribution < 1.29 is 8.42 Å². The Labute approximate surface area is 187 Å². The molecule has 1 atom stereocenters. The van der Waals surface area contributed by atoms with Crippen LogP contribution in [0.1, 0.15) is 23.4 Å². The lowest BCUT2D eigenvalue weighted by Crippen LogP contribution is -2.12. The predicted octanol–water partition coefficient (Wildman–Crippen LogP) is 4.29. The highest BCUT2D eigenvalue weighted by Crippen LogP contribution is 2.28. The summed E-state index contributed by atoms with van der Waals surface area (Å²) in [5.74, 6) is 1.19. The number of nitrogens with zero attached hydrogens (tertiary/aromatic N) is 5. The Bertz CT molecular complexity index is 1380. The fourth-order valence-electron chi connectivity index (χ4n) is 3.47. The van der Waals surface area contributed by atoms with Crippen LogP contribution in [0, 0.1) is 6.92 Å². The molecule has 0 amide bonds. The highest BCUT2D eigenvalue weighted by molar-refractivity contribution is 7.90. The molecule has 4 aromatic rings. The van der Waals surface area contributed by atoms with Gasteiger partial charge in [-0.2, -0.15) is 10.1 Å². The predicted molar refractivity (Wildman–Crippen MR) is 129 cm³/mol. The maximum absolute atomic E-state index is 11.8. The van der Waals surface area contributed by atoms with E-state index in [1.807, 2.05) is 54.0 Å². The first-order valence-corrected chi connectivity index (χ1v) is 12.1. The van der Waals surface area contributed by atoms with E-state index >= 15 is 0 Å². The van der Waals surface area contributed by atoms with Crippen molar-refractivity contribution in [3.8, 4) is 0 Å². The molecule has 9 heteroatoms. The molecule has 0 aliphatic heterocycles. The van der Waals surface area contributed by atoms with E-state index in [0.717, 1.165) is 39.4 Å². The number of aromatic nitrogens is 4.